The van der Waals surface area contributed by atoms with Gasteiger partial charge >= 0.3 is 0 Å². The number of aryl methyl sites for hydroxylation is 1. The fourth-order valence-corrected chi connectivity index (χ4v) is 3.94. The van der Waals surface area contributed by atoms with Gasteiger partial charge in [0.05, 0.1) is 4.90 Å². The highest BCUT2D eigenvalue weighted by molar-refractivity contribution is 9.10. The minimum absolute atomic E-state index is 0.264. The number of anilines is 1. The average Bonchev–Trinajstić information content (AvgIpc) is 2.76. The lowest BCUT2D eigenvalue weighted by Crippen LogP contribution is -2.18. The van der Waals surface area contributed by atoms with Gasteiger partial charge in [0.25, 0.3) is 0 Å². The van der Waals surface area contributed by atoms with E-state index in [2.05, 4.69) is 39.0 Å². The molecule has 108 valence electrons. The molecule has 1 aromatic carbocycles. The Bertz CT molecular complexity index is 674. The Balaban J connectivity index is 2.04. The van der Waals surface area contributed by atoms with Gasteiger partial charge in [-0.25, -0.2) is 13.1 Å². The van der Waals surface area contributed by atoms with Gasteiger partial charge in [-0.2, -0.15) is 0 Å². The number of hydrogen-bond donors (Lipinski definition) is 2. The van der Waals surface area contributed by atoms with Crippen LogP contribution in [0.1, 0.15) is 9.75 Å². The average molecular weight is 375 g/mol. The maximum absolute atomic E-state index is 11.6. The third-order valence-corrected chi connectivity index (χ3v) is 6.38. The van der Waals surface area contributed by atoms with Crippen LogP contribution in [0.4, 0.5) is 5.69 Å². The zero-order chi connectivity index (χ0) is 14.8. The van der Waals surface area contributed by atoms with E-state index >= 15 is 0 Å². The van der Waals surface area contributed by atoms with Crippen LogP contribution in [0.5, 0.6) is 0 Å². The quantitative estimate of drug-likeness (QED) is 0.843. The van der Waals surface area contributed by atoms with Gasteiger partial charge in [-0.05, 0) is 60.2 Å². The van der Waals surface area contributed by atoms with Crippen LogP contribution >= 0.6 is 27.3 Å². The van der Waals surface area contributed by atoms with Crippen molar-refractivity contribution in [3.8, 4) is 0 Å². The SMILES string of the molecule is CNS(=O)(=O)c1ccc(NCc2cc(Br)c(C)s2)cc1. The fourth-order valence-electron chi connectivity index (χ4n) is 1.66. The van der Waals surface area contributed by atoms with Crippen molar-refractivity contribution in [1.82, 2.24) is 4.72 Å². The van der Waals surface area contributed by atoms with Crippen molar-refractivity contribution in [3.05, 3.63) is 44.6 Å². The molecule has 1 aromatic heterocycles. The summed E-state index contributed by atoms with van der Waals surface area (Å²) >= 11 is 5.22. The molecule has 0 spiro atoms. The van der Waals surface area contributed by atoms with E-state index in [4.69, 9.17) is 0 Å². The number of benzene rings is 1. The summed E-state index contributed by atoms with van der Waals surface area (Å²) in [6.45, 7) is 2.78. The van der Waals surface area contributed by atoms with E-state index in [-0.39, 0.29) is 4.90 Å². The van der Waals surface area contributed by atoms with Gasteiger partial charge in [0.1, 0.15) is 0 Å². The lowest BCUT2D eigenvalue weighted by atomic mass is 10.3. The van der Waals surface area contributed by atoms with Gasteiger partial charge in [-0.15, -0.1) is 11.3 Å². The predicted octanol–water partition coefficient (Wildman–Crippen LogP) is 3.34. The molecular formula is C13H15BrN2O2S2. The zero-order valence-electron chi connectivity index (χ0n) is 11.1. The number of rotatable bonds is 5. The molecule has 0 atom stereocenters. The van der Waals surface area contributed by atoms with Gasteiger partial charge in [0.2, 0.25) is 10.0 Å². The Labute approximate surface area is 131 Å². The molecule has 0 aliphatic carbocycles. The Kier molecular flexibility index (Phi) is 4.85. The van der Waals surface area contributed by atoms with Crippen molar-refractivity contribution in [2.75, 3.05) is 12.4 Å². The van der Waals surface area contributed by atoms with Gasteiger partial charge < -0.3 is 5.32 Å². The molecule has 0 saturated carbocycles. The van der Waals surface area contributed by atoms with E-state index in [0.29, 0.717) is 0 Å². The first-order valence-electron chi connectivity index (χ1n) is 5.94. The monoisotopic (exact) mass is 374 g/mol. The molecule has 0 radical (unpaired) electrons. The number of nitrogens with one attached hydrogen (secondary N) is 2. The van der Waals surface area contributed by atoms with Crippen LogP contribution in [0.2, 0.25) is 0 Å². The maximum atomic E-state index is 11.6. The summed E-state index contributed by atoms with van der Waals surface area (Å²) in [6.07, 6.45) is 0. The van der Waals surface area contributed by atoms with Crippen molar-refractivity contribution in [3.63, 3.8) is 0 Å². The second-order valence-electron chi connectivity index (χ2n) is 4.20. The highest BCUT2D eigenvalue weighted by Gasteiger charge is 2.10. The molecule has 1 heterocycles. The molecule has 2 N–H and O–H groups in total. The molecule has 4 nitrogen and oxygen atoms in total. The summed E-state index contributed by atoms with van der Waals surface area (Å²) < 4.78 is 26.6. The highest BCUT2D eigenvalue weighted by Crippen LogP contribution is 2.27. The molecule has 7 heteroatoms. The Morgan fingerprint density at radius 2 is 1.90 bits per heavy atom. The van der Waals surface area contributed by atoms with E-state index in [9.17, 15) is 8.42 Å². The topological polar surface area (TPSA) is 58.2 Å². The first-order valence-corrected chi connectivity index (χ1v) is 9.04. The molecule has 0 saturated heterocycles. The van der Waals surface area contributed by atoms with Crippen LogP contribution in [0.3, 0.4) is 0 Å². The van der Waals surface area contributed by atoms with Crippen LogP contribution < -0.4 is 10.0 Å². The zero-order valence-corrected chi connectivity index (χ0v) is 14.3. The third-order valence-electron chi connectivity index (χ3n) is 2.81. The normalized spacial score (nSPS) is 11.6. The summed E-state index contributed by atoms with van der Waals surface area (Å²) in [6, 6.07) is 8.79. The first kappa shape index (κ1) is 15.5. The summed E-state index contributed by atoms with van der Waals surface area (Å²) in [5, 5.41) is 3.27. The Morgan fingerprint density at radius 1 is 1.25 bits per heavy atom. The largest absolute Gasteiger partial charge is 0.380 e. The van der Waals surface area contributed by atoms with E-state index in [1.54, 1.807) is 35.6 Å². The molecule has 0 unspecified atom stereocenters. The lowest BCUT2D eigenvalue weighted by Gasteiger charge is -2.06. The smallest absolute Gasteiger partial charge is 0.240 e. The van der Waals surface area contributed by atoms with Gasteiger partial charge in [-0.1, -0.05) is 0 Å². The van der Waals surface area contributed by atoms with Crippen LogP contribution in [-0.2, 0) is 16.6 Å². The number of sulfonamides is 1. The third kappa shape index (κ3) is 3.60. The van der Waals surface area contributed by atoms with E-state index < -0.39 is 10.0 Å². The molecule has 0 bridgehead atoms. The molecule has 0 fully saturated rings. The lowest BCUT2D eigenvalue weighted by molar-refractivity contribution is 0.588. The molecule has 2 rings (SSSR count). The number of thiophene rings is 1. The van der Waals surface area contributed by atoms with E-state index in [1.165, 1.54) is 16.8 Å². The second kappa shape index (κ2) is 6.26. The Morgan fingerprint density at radius 3 is 2.40 bits per heavy atom. The summed E-state index contributed by atoms with van der Waals surface area (Å²) in [5.74, 6) is 0. The predicted molar refractivity (Wildman–Crippen MR) is 86.8 cm³/mol. The van der Waals surface area contributed by atoms with Crippen molar-refractivity contribution in [2.45, 2.75) is 18.4 Å². The van der Waals surface area contributed by atoms with Crippen LogP contribution in [0.15, 0.2) is 39.7 Å². The number of halogens is 1. The fraction of sp³-hybridized carbons (Fsp3) is 0.231. The molecule has 20 heavy (non-hydrogen) atoms. The Hall–Kier alpha value is -0.890. The molecule has 0 amide bonds. The maximum Gasteiger partial charge on any atom is 0.240 e. The molecule has 0 aliphatic heterocycles. The minimum Gasteiger partial charge on any atom is -0.380 e. The van der Waals surface area contributed by atoms with Crippen molar-refractivity contribution in [1.29, 1.82) is 0 Å². The van der Waals surface area contributed by atoms with Gasteiger partial charge in [0, 0.05) is 26.5 Å². The van der Waals surface area contributed by atoms with Crippen LogP contribution in [0.25, 0.3) is 0 Å². The standard InChI is InChI=1S/C13H15BrN2O2S2/c1-9-13(14)7-11(19-9)8-16-10-3-5-12(6-4-10)20(17,18)15-2/h3-7,15-16H,8H2,1-2H3. The summed E-state index contributed by atoms with van der Waals surface area (Å²) in [4.78, 5) is 2.74. The van der Waals surface area contributed by atoms with Gasteiger partial charge in [0.15, 0.2) is 0 Å². The van der Waals surface area contributed by atoms with Crippen molar-refractivity contribution < 1.29 is 8.42 Å². The highest BCUT2D eigenvalue weighted by atomic mass is 79.9. The number of hydrogen-bond acceptors (Lipinski definition) is 4. The van der Waals surface area contributed by atoms with Crippen molar-refractivity contribution in [2.24, 2.45) is 0 Å². The van der Waals surface area contributed by atoms with E-state index in [1.807, 2.05) is 0 Å². The first-order chi connectivity index (χ1) is 9.42. The second-order valence-corrected chi connectivity index (χ2v) is 8.28. The minimum atomic E-state index is -3.37. The van der Waals surface area contributed by atoms with Gasteiger partial charge in [-0.3, -0.25) is 0 Å². The summed E-state index contributed by atoms with van der Waals surface area (Å²) in [5.41, 5.74) is 0.891. The molecule has 2 aromatic rings. The molecular weight excluding hydrogens is 360 g/mol. The summed E-state index contributed by atoms with van der Waals surface area (Å²) in [7, 11) is -1.96. The van der Waals surface area contributed by atoms with Crippen LogP contribution in [0, 0.1) is 6.92 Å². The van der Waals surface area contributed by atoms with E-state index in [0.717, 1.165) is 16.7 Å². The van der Waals surface area contributed by atoms with Crippen molar-refractivity contribution >= 4 is 43.0 Å². The molecule has 0 aliphatic rings. The van der Waals surface area contributed by atoms with Crippen LogP contribution in [-0.4, -0.2) is 15.5 Å².